The van der Waals surface area contributed by atoms with Gasteiger partial charge in [0.05, 0.1) is 16.3 Å². The molecule has 1 amide bonds. The van der Waals surface area contributed by atoms with Gasteiger partial charge >= 0.3 is 6.18 Å². The third kappa shape index (κ3) is 5.39. The largest absolute Gasteiger partial charge is 0.481 e. The first kappa shape index (κ1) is 20.1. The molecular formula is C19H19ClF3NO2. The van der Waals surface area contributed by atoms with Crippen LogP contribution in [-0.4, -0.2) is 12.0 Å². The van der Waals surface area contributed by atoms with Gasteiger partial charge in [-0.2, -0.15) is 13.2 Å². The maximum atomic E-state index is 12.8. The molecule has 0 saturated heterocycles. The summed E-state index contributed by atoms with van der Waals surface area (Å²) in [6, 6.07) is 10.1. The van der Waals surface area contributed by atoms with Crippen molar-refractivity contribution in [2.24, 2.45) is 0 Å². The number of hydrogen-bond acceptors (Lipinski definition) is 2. The number of carbonyl (C=O) groups is 1. The molecule has 140 valence electrons. The Bertz CT molecular complexity index is 760. The number of benzene rings is 2. The summed E-state index contributed by atoms with van der Waals surface area (Å²) in [5, 5.41) is 2.39. The Labute approximate surface area is 155 Å². The van der Waals surface area contributed by atoms with Gasteiger partial charge in [0, 0.05) is 0 Å². The molecule has 2 aromatic rings. The molecule has 0 aliphatic carbocycles. The molecule has 0 bridgehead atoms. The smallest absolute Gasteiger partial charge is 0.416 e. The molecule has 0 aliphatic rings. The highest BCUT2D eigenvalue weighted by atomic mass is 35.5. The number of amides is 1. The molecule has 0 spiro atoms. The first-order chi connectivity index (χ1) is 12.2. The lowest BCUT2D eigenvalue weighted by molar-refractivity contribution is -0.137. The summed E-state index contributed by atoms with van der Waals surface area (Å²) < 4.78 is 43.9. The fourth-order valence-electron chi connectivity index (χ4n) is 2.31. The maximum absolute atomic E-state index is 12.8. The highest BCUT2D eigenvalue weighted by Gasteiger charge is 2.31. The number of nitrogens with one attached hydrogen (secondary N) is 1. The fraction of sp³-hybridized carbons (Fsp3) is 0.316. The number of carbonyl (C=O) groups excluding carboxylic acids is 1. The van der Waals surface area contributed by atoms with Crippen molar-refractivity contribution in [1.82, 2.24) is 0 Å². The third-order valence-electron chi connectivity index (χ3n) is 3.70. The minimum atomic E-state index is -4.52. The highest BCUT2D eigenvalue weighted by Crippen LogP contribution is 2.33. The van der Waals surface area contributed by atoms with E-state index in [1.165, 1.54) is 6.92 Å². The Morgan fingerprint density at radius 1 is 1.19 bits per heavy atom. The van der Waals surface area contributed by atoms with E-state index in [1.807, 2.05) is 12.1 Å². The summed E-state index contributed by atoms with van der Waals surface area (Å²) in [5.74, 6) is -0.0912. The Hall–Kier alpha value is -2.21. The molecular weight excluding hydrogens is 367 g/mol. The first-order valence-electron chi connectivity index (χ1n) is 8.14. The lowest BCUT2D eigenvalue weighted by Gasteiger charge is -2.16. The molecule has 0 aliphatic heterocycles. The SMILES string of the molecule is CCCc1ccc(OC(C)C(=O)Nc2cc(C(F)(F)F)ccc2Cl)cc1. The van der Waals surface area contributed by atoms with Crippen LogP contribution in [0.2, 0.25) is 5.02 Å². The van der Waals surface area contributed by atoms with Crippen molar-refractivity contribution in [3.05, 3.63) is 58.6 Å². The van der Waals surface area contributed by atoms with Crippen LogP contribution in [0, 0.1) is 0 Å². The Morgan fingerprint density at radius 3 is 2.42 bits per heavy atom. The Balaban J connectivity index is 2.05. The molecule has 0 radical (unpaired) electrons. The second-order valence-electron chi connectivity index (χ2n) is 5.84. The summed E-state index contributed by atoms with van der Waals surface area (Å²) >= 11 is 5.88. The van der Waals surface area contributed by atoms with Crippen LogP contribution in [0.3, 0.4) is 0 Å². The molecule has 0 heterocycles. The summed E-state index contributed by atoms with van der Waals surface area (Å²) in [4.78, 5) is 12.2. The molecule has 2 aromatic carbocycles. The number of rotatable bonds is 6. The molecule has 7 heteroatoms. The van der Waals surface area contributed by atoms with Gasteiger partial charge in [0.2, 0.25) is 0 Å². The van der Waals surface area contributed by atoms with Gasteiger partial charge in [-0.3, -0.25) is 4.79 Å². The van der Waals surface area contributed by atoms with E-state index in [1.54, 1.807) is 12.1 Å². The van der Waals surface area contributed by atoms with E-state index in [4.69, 9.17) is 16.3 Å². The molecule has 1 atom stereocenters. The van der Waals surface area contributed by atoms with Crippen molar-refractivity contribution in [3.63, 3.8) is 0 Å². The van der Waals surface area contributed by atoms with Crippen LogP contribution in [0.1, 0.15) is 31.4 Å². The highest BCUT2D eigenvalue weighted by molar-refractivity contribution is 6.33. The second-order valence-corrected chi connectivity index (χ2v) is 6.24. The van der Waals surface area contributed by atoms with Gasteiger partial charge in [0.15, 0.2) is 6.10 Å². The van der Waals surface area contributed by atoms with Crippen LogP contribution in [0.4, 0.5) is 18.9 Å². The van der Waals surface area contributed by atoms with E-state index < -0.39 is 23.8 Å². The second kappa shape index (κ2) is 8.45. The third-order valence-corrected chi connectivity index (χ3v) is 4.03. The number of hydrogen-bond donors (Lipinski definition) is 1. The zero-order valence-electron chi connectivity index (χ0n) is 14.4. The van der Waals surface area contributed by atoms with E-state index in [0.29, 0.717) is 5.75 Å². The van der Waals surface area contributed by atoms with E-state index >= 15 is 0 Å². The summed E-state index contributed by atoms with van der Waals surface area (Å²) in [6.45, 7) is 3.59. The molecule has 1 N–H and O–H groups in total. The molecule has 0 aromatic heterocycles. The number of anilines is 1. The Kier molecular flexibility index (Phi) is 6.53. The van der Waals surface area contributed by atoms with Gasteiger partial charge in [-0.15, -0.1) is 0 Å². The number of alkyl halides is 3. The van der Waals surface area contributed by atoms with Crippen LogP contribution in [0.5, 0.6) is 5.75 Å². The summed E-state index contributed by atoms with van der Waals surface area (Å²) in [6.07, 6.45) is -3.45. The van der Waals surface area contributed by atoms with Crippen molar-refractivity contribution in [2.75, 3.05) is 5.32 Å². The normalized spacial score (nSPS) is 12.5. The summed E-state index contributed by atoms with van der Waals surface area (Å²) in [7, 11) is 0. The van der Waals surface area contributed by atoms with Gasteiger partial charge in [-0.25, -0.2) is 0 Å². The van der Waals surface area contributed by atoms with E-state index in [0.717, 1.165) is 36.6 Å². The van der Waals surface area contributed by atoms with E-state index in [-0.39, 0.29) is 10.7 Å². The lowest BCUT2D eigenvalue weighted by atomic mass is 10.1. The van der Waals surface area contributed by atoms with Gasteiger partial charge in [0.1, 0.15) is 5.75 Å². The van der Waals surface area contributed by atoms with E-state index in [2.05, 4.69) is 12.2 Å². The van der Waals surface area contributed by atoms with E-state index in [9.17, 15) is 18.0 Å². The molecule has 0 fully saturated rings. The minimum Gasteiger partial charge on any atom is -0.481 e. The summed E-state index contributed by atoms with van der Waals surface area (Å²) in [5.41, 5.74) is 0.158. The quantitative estimate of drug-likeness (QED) is 0.690. The van der Waals surface area contributed by atoms with Crippen LogP contribution in [0.25, 0.3) is 0 Å². The standard InChI is InChI=1S/C19H19ClF3NO2/c1-3-4-13-5-8-15(9-6-13)26-12(2)18(25)24-17-11-14(19(21,22)23)7-10-16(17)20/h5-12H,3-4H2,1-2H3,(H,24,25). The van der Waals surface area contributed by atoms with Crippen LogP contribution in [-0.2, 0) is 17.4 Å². The predicted octanol–water partition coefficient (Wildman–Crippen LogP) is 5.72. The van der Waals surface area contributed by atoms with Gasteiger partial charge in [-0.1, -0.05) is 37.1 Å². The topological polar surface area (TPSA) is 38.3 Å². The van der Waals surface area contributed by atoms with Gasteiger partial charge < -0.3 is 10.1 Å². The maximum Gasteiger partial charge on any atom is 0.416 e. The van der Waals surface area contributed by atoms with Crippen molar-refractivity contribution in [1.29, 1.82) is 0 Å². The van der Waals surface area contributed by atoms with Crippen molar-refractivity contribution < 1.29 is 22.7 Å². The molecule has 3 nitrogen and oxygen atoms in total. The molecule has 2 rings (SSSR count). The number of aryl methyl sites for hydroxylation is 1. The number of ether oxygens (including phenoxy) is 1. The lowest BCUT2D eigenvalue weighted by Crippen LogP contribution is -2.30. The Morgan fingerprint density at radius 2 is 1.85 bits per heavy atom. The first-order valence-corrected chi connectivity index (χ1v) is 8.51. The van der Waals surface area contributed by atoms with Crippen LogP contribution >= 0.6 is 11.6 Å². The van der Waals surface area contributed by atoms with Gasteiger partial charge in [-0.05, 0) is 49.2 Å². The average molecular weight is 386 g/mol. The van der Waals surface area contributed by atoms with Crippen molar-refractivity contribution in [3.8, 4) is 5.75 Å². The van der Waals surface area contributed by atoms with Crippen molar-refractivity contribution in [2.45, 2.75) is 39.0 Å². The fourth-order valence-corrected chi connectivity index (χ4v) is 2.48. The minimum absolute atomic E-state index is 0.0162. The van der Waals surface area contributed by atoms with Crippen LogP contribution in [0.15, 0.2) is 42.5 Å². The molecule has 1 unspecified atom stereocenters. The molecule has 0 saturated carbocycles. The average Bonchev–Trinajstić information content (AvgIpc) is 2.57. The predicted molar refractivity (Wildman–Crippen MR) is 95.6 cm³/mol. The zero-order valence-corrected chi connectivity index (χ0v) is 15.1. The monoisotopic (exact) mass is 385 g/mol. The zero-order chi connectivity index (χ0) is 19.3. The van der Waals surface area contributed by atoms with Crippen LogP contribution < -0.4 is 10.1 Å². The molecule has 26 heavy (non-hydrogen) atoms. The number of halogens is 4. The van der Waals surface area contributed by atoms with Gasteiger partial charge in [0.25, 0.3) is 5.91 Å². The van der Waals surface area contributed by atoms with Crippen molar-refractivity contribution >= 4 is 23.2 Å².